The second kappa shape index (κ2) is 2.67. The number of fused-ring (bicyclic) bond motifs is 1. The van der Waals surface area contributed by atoms with Gasteiger partial charge >= 0.3 is 0 Å². The molecule has 2 fully saturated rings. The fourth-order valence-corrected chi connectivity index (χ4v) is 2.41. The Morgan fingerprint density at radius 3 is 2.86 bits per heavy atom. The fourth-order valence-electron chi connectivity index (χ4n) is 2.41. The number of nitrogens with zero attached hydrogens (tertiary/aromatic N) is 2. The van der Waals surface area contributed by atoms with Crippen molar-refractivity contribution < 1.29 is 9.53 Å². The van der Waals surface area contributed by atoms with Crippen molar-refractivity contribution in [2.75, 3.05) is 13.2 Å². The van der Waals surface area contributed by atoms with Gasteiger partial charge in [0.25, 0.3) is 0 Å². The average molecular weight is 192 g/mol. The molecule has 1 saturated heterocycles. The van der Waals surface area contributed by atoms with E-state index < -0.39 is 0 Å². The Hall–Kier alpha value is -1.16. The number of hydrogen-bond acceptors (Lipinski definition) is 3. The van der Waals surface area contributed by atoms with Crippen molar-refractivity contribution in [3.05, 3.63) is 18.0 Å². The number of aryl methyl sites for hydroxylation is 1. The molecule has 1 aliphatic heterocycles. The minimum Gasteiger partial charge on any atom is -0.381 e. The maximum atomic E-state index is 12.0. The zero-order valence-corrected chi connectivity index (χ0v) is 8.01. The second-order valence-electron chi connectivity index (χ2n) is 4.10. The molecular formula is C10H12N2O2. The molecule has 4 heteroatoms. The summed E-state index contributed by atoms with van der Waals surface area (Å²) in [6.07, 6.45) is 1.67. The molecule has 14 heavy (non-hydrogen) atoms. The van der Waals surface area contributed by atoms with Gasteiger partial charge in [-0.1, -0.05) is 0 Å². The van der Waals surface area contributed by atoms with Crippen LogP contribution in [0.25, 0.3) is 0 Å². The predicted molar refractivity (Wildman–Crippen MR) is 48.8 cm³/mol. The van der Waals surface area contributed by atoms with E-state index in [0.717, 1.165) is 18.9 Å². The van der Waals surface area contributed by atoms with Gasteiger partial charge in [-0.25, -0.2) is 0 Å². The third kappa shape index (κ3) is 0.973. The Kier molecular flexibility index (Phi) is 1.56. The van der Waals surface area contributed by atoms with E-state index in [9.17, 15) is 4.79 Å². The van der Waals surface area contributed by atoms with Gasteiger partial charge in [0, 0.05) is 19.2 Å². The summed E-state index contributed by atoms with van der Waals surface area (Å²) in [5.74, 6) is 1.41. The molecule has 0 bridgehead atoms. The van der Waals surface area contributed by atoms with Crippen molar-refractivity contribution >= 4 is 5.78 Å². The third-order valence-electron chi connectivity index (χ3n) is 3.33. The van der Waals surface area contributed by atoms with Crippen molar-refractivity contribution in [2.24, 2.45) is 24.8 Å². The number of Topliss-reactive ketones (excluding diaryl/α,β-unsaturated/α-hetero) is 1. The molecule has 2 unspecified atom stereocenters. The van der Waals surface area contributed by atoms with Crippen molar-refractivity contribution in [3.63, 3.8) is 0 Å². The van der Waals surface area contributed by atoms with Crippen molar-refractivity contribution in [2.45, 2.75) is 0 Å². The van der Waals surface area contributed by atoms with E-state index in [1.165, 1.54) is 0 Å². The van der Waals surface area contributed by atoms with Crippen LogP contribution in [0.15, 0.2) is 12.3 Å². The minimum atomic E-state index is 0.208. The van der Waals surface area contributed by atoms with Crippen LogP contribution in [0.2, 0.25) is 0 Å². The van der Waals surface area contributed by atoms with Crippen LogP contribution in [0, 0.1) is 17.8 Å². The first-order valence-corrected chi connectivity index (χ1v) is 4.89. The zero-order chi connectivity index (χ0) is 9.71. The zero-order valence-electron chi connectivity index (χ0n) is 8.01. The van der Waals surface area contributed by atoms with E-state index in [-0.39, 0.29) is 11.7 Å². The third-order valence-corrected chi connectivity index (χ3v) is 3.33. The van der Waals surface area contributed by atoms with E-state index in [1.54, 1.807) is 16.9 Å². The molecule has 2 aliphatic rings. The van der Waals surface area contributed by atoms with Crippen LogP contribution in [-0.2, 0) is 11.8 Å². The molecule has 0 amide bonds. The molecular weight excluding hydrogens is 180 g/mol. The summed E-state index contributed by atoms with van der Waals surface area (Å²) in [4.78, 5) is 12.0. The lowest BCUT2D eigenvalue weighted by atomic mass is 10.1. The maximum absolute atomic E-state index is 12.0. The van der Waals surface area contributed by atoms with Crippen LogP contribution in [-0.4, -0.2) is 28.8 Å². The lowest BCUT2D eigenvalue weighted by Crippen LogP contribution is -2.13. The molecule has 0 spiro atoms. The number of carbonyl (C=O) groups is 1. The summed E-state index contributed by atoms with van der Waals surface area (Å²) < 4.78 is 6.91. The van der Waals surface area contributed by atoms with Crippen molar-refractivity contribution in [1.29, 1.82) is 0 Å². The van der Waals surface area contributed by atoms with Crippen LogP contribution < -0.4 is 0 Å². The smallest absolute Gasteiger partial charge is 0.184 e. The highest BCUT2D eigenvalue weighted by Crippen LogP contribution is 2.52. The Balaban J connectivity index is 1.82. The molecule has 3 rings (SSSR count). The molecule has 1 aliphatic carbocycles. The normalized spacial score (nSPS) is 34.2. The summed E-state index contributed by atoms with van der Waals surface area (Å²) in [5, 5.41) is 4.01. The number of carbonyl (C=O) groups excluding carboxylic acids is 1. The number of ether oxygens (including phenoxy) is 1. The summed E-state index contributed by atoms with van der Waals surface area (Å²) in [6.45, 7) is 1.53. The van der Waals surface area contributed by atoms with E-state index in [4.69, 9.17) is 4.74 Å². The van der Waals surface area contributed by atoms with Gasteiger partial charge in [0.05, 0.1) is 13.2 Å². The standard InChI is InChI=1S/C10H12N2O2/c1-12-8(2-3-11-12)10(13)9-6-4-14-5-7(6)9/h2-3,6-7,9H,4-5H2,1H3. The number of aromatic nitrogens is 2. The van der Waals surface area contributed by atoms with E-state index in [2.05, 4.69) is 5.10 Å². The first-order valence-electron chi connectivity index (χ1n) is 4.89. The first kappa shape index (κ1) is 8.17. The Bertz CT molecular complexity index is 375. The molecule has 1 saturated carbocycles. The number of ketones is 1. The SMILES string of the molecule is Cn1nccc1C(=O)C1C2COCC21. The maximum Gasteiger partial charge on any atom is 0.184 e. The molecule has 1 aromatic rings. The van der Waals surface area contributed by atoms with Gasteiger partial charge in [-0.05, 0) is 17.9 Å². The van der Waals surface area contributed by atoms with Crippen LogP contribution in [0.5, 0.6) is 0 Å². The highest BCUT2D eigenvalue weighted by atomic mass is 16.5. The molecule has 0 radical (unpaired) electrons. The molecule has 2 atom stereocenters. The molecule has 0 N–H and O–H groups in total. The minimum absolute atomic E-state index is 0.208. The first-order chi connectivity index (χ1) is 6.79. The van der Waals surface area contributed by atoms with E-state index in [1.807, 2.05) is 7.05 Å². The second-order valence-corrected chi connectivity index (χ2v) is 4.10. The lowest BCUT2D eigenvalue weighted by Gasteiger charge is -2.03. The van der Waals surface area contributed by atoms with E-state index in [0.29, 0.717) is 11.8 Å². The van der Waals surface area contributed by atoms with Gasteiger partial charge in [-0.3, -0.25) is 9.48 Å². The summed E-state index contributed by atoms with van der Waals surface area (Å²) in [5.41, 5.74) is 0.726. The highest BCUT2D eigenvalue weighted by molar-refractivity contribution is 5.98. The van der Waals surface area contributed by atoms with Gasteiger partial charge in [0.1, 0.15) is 5.69 Å². The van der Waals surface area contributed by atoms with Crippen LogP contribution >= 0.6 is 0 Å². The van der Waals surface area contributed by atoms with Gasteiger partial charge in [-0.15, -0.1) is 0 Å². The summed E-state index contributed by atoms with van der Waals surface area (Å²) in [6, 6.07) is 1.79. The van der Waals surface area contributed by atoms with Gasteiger partial charge in [0.15, 0.2) is 5.78 Å². The molecule has 1 aromatic heterocycles. The van der Waals surface area contributed by atoms with Crippen molar-refractivity contribution in [3.8, 4) is 0 Å². The Labute approximate surface area is 81.9 Å². The van der Waals surface area contributed by atoms with Gasteiger partial charge < -0.3 is 4.74 Å². The van der Waals surface area contributed by atoms with Crippen molar-refractivity contribution in [1.82, 2.24) is 9.78 Å². The van der Waals surface area contributed by atoms with Gasteiger partial charge in [0.2, 0.25) is 0 Å². The Morgan fingerprint density at radius 1 is 1.57 bits per heavy atom. The highest BCUT2D eigenvalue weighted by Gasteiger charge is 2.58. The Morgan fingerprint density at radius 2 is 2.29 bits per heavy atom. The van der Waals surface area contributed by atoms with Crippen LogP contribution in [0.1, 0.15) is 10.5 Å². The number of rotatable bonds is 2. The topological polar surface area (TPSA) is 44.1 Å². The van der Waals surface area contributed by atoms with Gasteiger partial charge in [-0.2, -0.15) is 5.10 Å². The van der Waals surface area contributed by atoms with E-state index >= 15 is 0 Å². The molecule has 2 heterocycles. The van der Waals surface area contributed by atoms with Crippen LogP contribution in [0.3, 0.4) is 0 Å². The monoisotopic (exact) mass is 192 g/mol. The lowest BCUT2D eigenvalue weighted by molar-refractivity contribution is 0.0884. The predicted octanol–water partition coefficient (Wildman–Crippen LogP) is 0.495. The molecule has 4 nitrogen and oxygen atoms in total. The average Bonchev–Trinajstić information content (AvgIpc) is 2.57. The van der Waals surface area contributed by atoms with Crippen LogP contribution in [0.4, 0.5) is 0 Å². The molecule has 74 valence electrons. The summed E-state index contributed by atoms with van der Waals surface area (Å²) >= 11 is 0. The molecule has 0 aromatic carbocycles. The fraction of sp³-hybridized carbons (Fsp3) is 0.600. The largest absolute Gasteiger partial charge is 0.381 e. The number of hydrogen-bond donors (Lipinski definition) is 0. The quantitative estimate of drug-likeness (QED) is 0.641. The summed E-state index contributed by atoms with van der Waals surface area (Å²) in [7, 11) is 1.81.